The Bertz CT molecular complexity index is 1860. The van der Waals surface area contributed by atoms with E-state index < -0.39 is 93.2 Å². The molecule has 1 fully saturated rings. The summed E-state index contributed by atoms with van der Waals surface area (Å²) < 4.78 is 86.5. The number of aryl methyl sites for hydroxylation is 3. The number of sulfonamides is 3. The predicted molar refractivity (Wildman–Crippen MR) is 185 cm³/mol. The smallest absolute Gasteiger partial charge is 0.243 e. The molecule has 1 aliphatic rings. The maximum absolute atomic E-state index is 14.1. The van der Waals surface area contributed by atoms with Gasteiger partial charge in [-0.15, -0.1) is 0 Å². The molecule has 0 bridgehead atoms. The normalized spacial score (nSPS) is 20.5. The van der Waals surface area contributed by atoms with Crippen molar-refractivity contribution in [1.29, 1.82) is 0 Å². The molecule has 2 atom stereocenters. The minimum Gasteiger partial charge on any atom is -0.350 e. The van der Waals surface area contributed by atoms with Crippen LogP contribution in [0.1, 0.15) is 30.5 Å². The largest absolute Gasteiger partial charge is 0.350 e. The fraction of sp³-hybridized carbons (Fsp3) is 0.394. The summed E-state index contributed by atoms with van der Waals surface area (Å²) in [4.78, 5) is 26.2. The number of hydrogen-bond donors (Lipinski definition) is 2. The van der Waals surface area contributed by atoms with Crippen LogP contribution in [0.3, 0.4) is 0 Å². The summed E-state index contributed by atoms with van der Waals surface area (Å²) in [6.45, 7) is 5.66. The number of amides is 2. The van der Waals surface area contributed by atoms with E-state index in [1.165, 1.54) is 36.4 Å². The number of carbonyl (C=O) groups is 2. The molecule has 16 heteroatoms. The molecule has 0 aliphatic carbocycles. The zero-order valence-electron chi connectivity index (χ0n) is 28.2. The predicted octanol–water partition coefficient (Wildman–Crippen LogP) is 2.01. The van der Waals surface area contributed by atoms with E-state index in [0.717, 1.165) is 29.6 Å². The highest BCUT2D eigenvalue weighted by Crippen LogP contribution is 2.22. The maximum Gasteiger partial charge on any atom is 0.243 e. The zero-order valence-corrected chi connectivity index (χ0v) is 30.6. The molecule has 0 aromatic heterocycles. The van der Waals surface area contributed by atoms with Crippen molar-refractivity contribution < 1.29 is 34.8 Å². The molecule has 0 unspecified atom stereocenters. The van der Waals surface area contributed by atoms with Crippen LogP contribution in [0.4, 0.5) is 0 Å². The Morgan fingerprint density at radius 1 is 0.469 bits per heavy atom. The van der Waals surface area contributed by atoms with E-state index in [9.17, 15) is 34.8 Å². The summed E-state index contributed by atoms with van der Waals surface area (Å²) >= 11 is 0. The molecule has 0 radical (unpaired) electrons. The summed E-state index contributed by atoms with van der Waals surface area (Å²) in [5, 5.41) is 5.41. The van der Waals surface area contributed by atoms with E-state index in [1.54, 1.807) is 71.0 Å². The van der Waals surface area contributed by atoms with Gasteiger partial charge in [-0.2, -0.15) is 12.9 Å². The Morgan fingerprint density at radius 2 is 0.714 bits per heavy atom. The number of rotatable bonds is 6. The van der Waals surface area contributed by atoms with Gasteiger partial charge in [-0.25, -0.2) is 25.3 Å². The van der Waals surface area contributed by atoms with Crippen LogP contribution in [-0.2, 0) is 39.7 Å². The lowest BCUT2D eigenvalue weighted by Gasteiger charge is -2.29. The van der Waals surface area contributed by atoms with Gasteiger partial charge in [0.15, 0.2) is 0 Å². The second-order valence-corrected chi connectivity index (χ2v) is 18.0. The third-order valence-electron chi connectivity index (χ3n) is 8.34. The highest BCUT2D eigenvalue weighted by Gasteiger charge is 2.34. The van der Waals surface area contributed by atoms with Crippen LogP contribution < -0.4 is 10.6 Å². The lowest BCUT2D eigenvalue weighted by molar-refractivity contribution is -0.124. The minimum atomic E-state index is -4.32. The number of hydrogen-bond acceptors (Lipinski definition) is 8. The van der Waals surface area contributed by atoms with Crippen molar-refractivity contribution in [3.8, 4) is 0 Å². The molecule has 3 aromatic rings. The Morgan fingerprint density at radius 3 is 1.00 bits per heavy atom. The first-order valence-corrected chi connectivity index (χ1v) is 20.0. The first kappa shape index (κ1) is 38.1. The monoisotopic (exact) mass is 733 g/mol. The van der Waals surface area contributed by atoms with Crippen LogP contribution in [0.5, 0.6) is 0 Å². The van der Waals surface area contributed by atoms with Crippen LogP contribution in [0, 0.1) is 20.8 Å². The van der Waals surface area contributed by atoms with Crippen molar-refractivity contribution in [2.45, 2.75) is 61.4 Å². The first-order chi connectivity index (χ1) is 22.9. The van der Waals surface area contributed by atoms with Crippen LogP contribution in [-0.4, -0.2) is 101 Å². The standard InChI is InChI=1S/C33H43N5O8S3/c1-24-6-12-29(13-7-24)47(41,42)36-18-20-37(48(43,44)30-14-8-25(2)9-15-30)22-32(39)34-27(4)28(5)35-33(40)23-38(21-19-36)49(45,46)31-16-10-26(3)11-17-31/h6-17,27-28H,18-23H2,1-5H3,(H,34,39)(H,35,40)/t27-,28-/m0/s1. The van der Waals surface area contributed by atoms with E-state index in [2.05, 4.69) is 10.6 Å². The van der Waals surface area contributed by atoms with Gasteiger partial charge in [-0.1, -0.05) is 53.1 Å². The Balaban J connectivity index is 1.80. The molecule has 2 amide bonds. The van der Waals surface area contributed by atoms with E-state index in [-0.39, 0.29) is 14.7 Å². The third kappa shape index (κ3) is 9.32. The van der Waals surface area contributed by atoms with Gasteiger partial charge in [-0.05, 0) is 71.0 Å². The maximum atomic E-state index is 14.1. The fourth-order valence-electron chi connectivity index (χ4n) is 5.11. The van der Waals surface area contributed by atoms with Crippen molar-refractivity contribution in [3.63, 3.8) is 0 Å². The van der Waals surface area contributed by atoms with Gasteiger partial charge in [0.1, 0.15) is 0 Å². The van der Waals surface area contributed by atoms with Gasteiger partial charge in [0.2, 0.25) is 41.9 Å². The van der Waals surface area contributed by atoms with Gasteiger partial charge >= 0.3 is 0 Å². The van der Waals surface area contributed by atoms with Crippen LogP contribution >= 0.6 is 0 Å². The molecular formula is C33H43N5O8S3. The fourth-order valence-corrected chi connectivity index (χ4v) is 9.31. The molecule has 0 spiro atoms. The molecule has 3 aromatic carbocycles. The summed E-state index contributed by atoms with van der Waals surface area (Å²) in [6, 6.07) is 16.8. The van der Waals surface area contributed by atoms with Gasteiger partial charge in [-0.3, -0.25) is 9.59 Å². The summed E-state index contributed by atoms with van der Waals surface area (Å²) in [6.07, 6.45) is 0. The van der Waals surface area contributed by atoms with Crippen molar-refractivity contribution in [3.05, 3.63) is 89.5 Å². The van der Waals surface area contributed by atoms with Crippen LogP contribution in [0.2, 0.25) is 0 Å². The zero-order chi connectivity index (χ0) is 36.1. The average molecular weight is 734 g/mol. The molecule has 1 saturated heterocycles. The molecular weight excluding hydrogens is 691 g/mol. The highest BCUT2D eigenvalue weighted by molar-refractivity contribution is 7.89. The van der Waals surface area contributed by atoms with E-state index in [1.807, 2.05) is 0 Å². The SMILES string of the molecule is Cc1ccc(S(=O)(=O)N2CCN(S(=O)(=O)c3ccc(C)cc3)CC(=O)N[C@@H](C)[C@H](C)NC(=O)CN(S(=O)(=O)c3ccc(C)cc3)CC2)cc1. The molecule has 1 heterocycles. The Hall–Kier alpha value is -3.67. The van der Waals surface area contributed by atoms with Gasteiger partial charge in [0.25, 0.3) is 0 Å². The minimum absolute atomic E-state index is 0.0826. The number of nitrogens with one attached hydrogen (secondary N) is 2. The second-order valence-electron chi connectivity index (χ2n) is 12.2. The summed E-state index contributed by atoms with van der Waals surface area (Å²) in [5.74, 6) is -1.34. The molecule has 13 nitrogen and oxygen atoms in total. The van der Waals surface area contributed by atoms with Gasteiger partial charge < -0.3 is 10.6 Å². The Labute approximate surface area is 289 Å². The number of benzene rings is 3. The third-order valence-corrected chi connectivity index (χ3v) is 14.0. The molecule has 266 valence electrons. The Kier molecular flexibility index (Phi) is 12.0. The lowest BCUT2D eigenvalue weighted by atomic mass is 10.1. The van der Waals surface area contributed by atoms with E-state index in [4.69, 9.17) is 0 Å². The quantitative estimate of drug-likeness (QED) is 0.388. The van der Waals surface area contributed by atoms with E-state index >= 15 is 0 Å². The first-order valence-electron chi connectivity index (χ1n) is 15.7. The average Bonchev–Trinajstić information content (AvgIpc) is 3.03. The van der Waals surface area contributed by atoms with Crippen molar-refractivity contribution in [1.82, 2.24) is 23.5 Å². The van der Waals surface area contributed by atoms with E-state index in [0.29, 0.717) is 0 Å². The second kappa shape index (κ2) is 15.5. The molecule has 49 heavy (non-hydrogen) atoms. The molecule has 4 rings (SSSR count). The molecule has 0 saturated carbocycles. The van der Waals surface area contributed by atoms with Crippen molar-refractivity contribution >= 4 is 41.9 Å². The van der Waals surface area contributed by atoms with Crippen molar-refractivity contribution in [2.75, 3.05) is 39.3 Å². The molecule has 2 N–H and O–H groups in total. The highest BCUT2D eigenvalue weighted by atomic mass is 32.2. The van der Waals surface area contributed by atoms with Crippen molar-refractivity contribution in [2.24, 2.45) is 0 Å². The summed E-state index contributed by atoms with van der Waals surface area (Å²) in [5.41, 5.74) is 2.44. The lowest BCUT2D eigenvalue weighted by Crippen LogP contribution is -2.53. The topological polar surface area (TPSA) is 170 Å². The van der Waals surface area contributed by atoms with Crippen LogP contribution in [0.15, 0.2) is 87.5 Å². The van der Waals surface area contributed by atoms with Gasteiger partial charge in [0.05, 0.1) is 27.8 Å². The molecule has 1 aliphatic heterocycles. The van der Waals surface area contributed by atoms with Gasteiger partial charge in [0, 0.05) is 38.3 Å². The summed E-state index contributed by atoms with van der Waals surface area (Å²) in [7, 11) is -12.9. The van der Waals surface area contributed by atoms with Crippen LogP contribution in [0.25, 0.3) is 0 Å². The number of carbonyl (C=O) groups excluding carboxylic acids is 2. The number of nitrogens with zero attached hydrogens (tertiary/aromatic N) is 3.